The van der Waals surface area contributed by atoms with Crippen molar-refractivity contribution in [2.45, 2.75) is 25.4 Å². The van der Waals surface area contributed by atoms with Crippen LogP contribution in [0.4, 0.5) is 0 Å². The van der Waals surface area contributed by atoms with E-state index in [4.69, 9.17) is 9.47 Å². The van der Waals surface area contributed by atoms with Crippen LogP contribution in [-0.4, -0.2) is 62.9 Å². The molecule has 1 saturated heterocycles. The van der Waals surface area contributed by atoms with Gasteiger partial charge in [-0.2, -0.15) is 0 Å². The lowest BCUT2D eigenvalue weighted by Gasteiger charge is -2.29. The molecule has 2 aliphatic rings. The fourth-order valence-electron chi connectivity index (χ4n) is 4.08. The van der Waals surface area contributed by atoms with E-state index in [1.165, 1.54) is 19.1 Å². The molecule has 2 aromatic heterocycles. The first-order valence-electron chi connectivity index (χ1n) is 10.3. The summed E-state index contributed by atoms with van der Waals surface area (Å²) >= 11 is 0. The second kappa shape index (κ2) is 8.01. The molecule has 1 atom stereocenters. The van der Waals surface area contributed by atoms with Gasteiger partial charge in [0.15, 0.2) is 5.75 Å². The minimum absolute atomic E-state index is 0.216. The lowest BCUT2D eigenvalue weighted by molar-refractivity contribution is -0.136. The Morgan fingerprint density at radius 1 is 1.06 bits per heavy atom. The minimum atomic E-state index is -0.653. The summed E-state index contributed by atoms with van der Waals surface area (Å²) in [5, 5.41) is 10.7. The van der Waals surface area contributed by atoms with E-state index in [-0.39, 0.29) is 24.8 Å². The topological polar surface area (TPSA) is 129 Å². The van der Waals surface area contributed by atoms with E-state index < -0.39 is 11.9 Å². The molecule has 0 bridgehead atoms. The summed E-state index contributed by atoms with van der Waals surface area (Å²) in [4.78, 5) is 42.5. The van der Waals surface area contributed by atoms with E-state index >= 15 is 0 Å². The Labute approximate surface area is 188 Å². The van der Waals surface area contributed by atoms with Gasteiger partial charge in [-0.1, -0.05) is 5.21 Å². The maximum absolute atomic E-state index is 12.9. The molecule has 0 saturated carbocycles. The number of hydrogen-bond donors (Lipinski definition) is 1. The molecule has 1 aromatic carbocycles. The molecule has 0 aliphatic carbocycles. The summed E-state index contributed by atoms with van der Waals surface area (Å²) in [6, 6.07) is 8.18. The number of ether oxygens (including phenoxy) is 2. The van der Waals surface area contributed by atoms with Gasteiger partial charge in [-0.3, -0.25) is 19.7 Å². The number of methoxy groups -OCH3 is 2. The van der Waals surface area contributed by atoms with Gasteiger partial charge in [0, 0.05) is 18.5 Å². The zero-order valence-electron chi connectivity index (χ0n) is 17.9. The van der Waals surface area contributed by atoms with Gasteiger partial charge in [-0.05, 0) is 42.3 Å². The summed E-state index contributed by atoms with van der Waals surface area (Å²) in [5.41, 5.74) is 3.14. The second-order valence-corrected chi connectivity index (χ2v) is 7.70. The summed E-state index contributed by atoms with van der Waals surface area (Å²) in [6.07, 6.45) is 2.26. The number of nitrogens with one attached hydrogen (secondary N) is 1. The molecular weight excluding hydrogens is 428 g/mol. The molecule has 2 aliphatic heterocycles. The quantitative estimate of drug-likeness (QED) is 0.575. The Morgan fingerprint density at radius 3 is 2.67 bits per heavy atom. The van der Waals surface area contributed by atoms with Crippen molar-refractivity contribution in [2.75, 3.05) is 14.2 Å². The van der Waals surface area contributed by atoms with Crippen LogP contribution in [-0.2, 0) is 16.1 Å². The molecule has 0 spiro atoms. The molecule has 1 N–H and O–H groups in total. The number of carbonyl (C=O) groups excluding carboxylic acids is 3. The molecule has 11 nitrogen and oxygen atoms in total. The first-order valence-corrected chi connectivity index (χ1v) is 10.3. The van der Waals surface area contributed by atoms with E-state index in [0.717, 1.165) is 5.56 Å². The summed E-state index contributed by atoms with van der Waals surface area (Å²) < 4.78 is 12.1. The Bertz CT molecular complexity index is 1290. The third-order valence-electron chi connectivity index (χ3n) is 5.77. The number of rotatable bonds is 5. The molecule has 4 heterocycles. The predicted octanol–water partition coefficient (Wildman–Crippen LogP) is 1.11. The van der Waals surface area contributed by atoms with Gasteiger partial charge in [0.05, 0.1) is 31.8 Å². The van der Waals surface area contributed by atoms with Crippen LogP contribution in [0.3, 0.4) is 0 Å². The molecule has 1 unspecified atom stereocenters. The Balaban J connectivity index is 1.40. The van der Waals surface area contributed by atoms with Crippen molar-refractivity contribution in [1.82, 2.24) is 30.2 Å². The van der Waals surface area contributed by atoms with Gasteiger partial charge in [-0.25, -0.2) is 9.67 Å². The number of amides is 3. The van der Waals surface area contributed by atoms with Crippen LogP contribution in [0, 0.1) is 0 Å². The number of piperidine rings is 1. The third kappa shape index (κ3) is 3.56. The van der Waals surface area contributed by atoms with E-state index in [0.29, 0.717) is 40.7 Å². The van der Waals surface area contributed by atoms with Crippen LogP contribution in [0.25, 0.3) is 17.1 Å². The van der Waals surface area contributed by atoms with Crippen molar-refractivity contribution in [2.24, 2.45) is 0 Å². The van der Waals surface area contributed by atoms with Crippen molar-refractivity contribution >= 4 is 17.7 Å². The highest BCUT2D eigenvalue weighted by atomic mass is 16.5. The highest BCUT2D eigenvalue weighted by Crippen LogP contribution is 2.30. The molecule has 3 aromatic rings. The SMILES string of the molecule is COc1ccc(-c2cn(-c3ccc4c(c3)CN(C3CCC(=O)NC3=O)C4=O)nn2)nc1OC. The highest BCUT2D eigenvalue weighted by molar-refractivity contribution is 6.05. The summed E-state index contributed by atoms with van der Waals surface area (Å²) in [5.74, 6) is -0.115. The Morgan fingerprint density at radius 2 is 1.91 bits per heavy atom. The fourth-order valence-corrected chi connectivity index (χ4v) is 4.08. The highest BCUT2D eigenvalue weighted by Gasteiger charge is 2.39. The van der Waals surface area contributed by atoms with E-state index in [1.54, 1.807) is 35.1 Å². The molecule has 1 fully saturated rings. The van der Waals surface area contributed by atoms with Crippen LogP contribution >= 0.6 is 0 Å². The molecular formula is C22H20N6O5. The van der Waals surface area contributed by atoms with Gasteiger partial charge in [0.1, 0.15) is 11.7 Å². The van der Waals surface area contributed by atoms with Crippen molar-refractivity contribution < 1.29 is 23.9 Å². The van der Waals surface area contributed by atoms with Crippen LogP contribution in [0.5, 0.6) is 11.6 Å². The molecule has 168 valence electrons. The first-order chi connectivity index (χ1) is 16.0. The van der Waals surface area contributed by atoms with Gasteiger partial charge >= 0.3 is 0 Å². The van der Waals surface area contributed by atoms with Crippen molar-refractivity contribution in [3.05, 3.63) is 47.7 Å². The Kier molecular flexibility index (Phi) is 5.00. The van der Waals surface area contributed by atoms with Gasteiger partial charge in [-0.15, -0.1) is 5.10 Å². The average molecular weight is 448 g/mol. The molecule has 11 heteroatoms. The number of fused-ring (bicyclic) bond motifs is 1. The molecule has 0 radical (unpaired) electrons. The van der Waals surface area contributed by atoms with Crippen molar-refractivity contribution in [1.29, 1.82) is 0 Å². The molecule has 33 heavy (non-hydrogen) atoms. The van der Waals surface area contributed by atoms with Gasteiger partial charge < -0.3 is 14.4 Å². The first kappa shape index (κ1) is 20.6. The average Bonchev–Trinajstić information content (AvgIpc) is 3.44. The monoisotopic (exact) mass is 448 g/mol. The zero-order chi connectivity index (χ0) is 23.1. The van der Waals surface area contributed by atoms with Crippen LogP contribution in [0.15, 0.2) is 36.5 Å². The van der Waals surface area contributed by atoms with Crippen molar-refractivity contribution in [3.63, 3.8) is 0 Å². The van der Waals surface area contributed by atoms with Crippen molar-refractivity contribution in [3.8, 4) is 28.7 Å². The number of carbonyl (C=O) groups is 3. The van der Waals surface area contributed by atoms with E-state index in [1.807, 2.05) is 6.07 Å². The number of aromatic nitrogens is 4. The van der Waals surface area contributed by atoms with Crippen LogP contribution < -0.4 is 14.8 Å². The maximum Gasteiger partial charge on any atom is 0.257 e. The molecule has 3 amide bonds. The smallest absolute Gasteiger partial charge is 0.257 e. The number of hydrogen-bond acceptors (Lipinski definition) is 8. The number of imide groups is 1. The summed E-state index contributed by atoms with van der Waals surface area (Å²) in [6.45, 7) is 0.285. The number of benzene rings is 1. The van der Waals surface area contributed by atoms with E-state index in [2.05, 4.69) is 20.6 Å². The largest absolute Gasteiger partial charge is 0.491 e. The standard InChI is InChI=1S/C22H20N6O5/c1-32-18-7-5-15(23-21(18)33-2)16-11-28(26-25-16)13-3-4-14-12(9-13)10-27(22(14)31)17-6-8-19(29)24-20(17)30/h3-5,7,9,11,17H,6,8,10H2,1-2H3,(H,24,29,30). The lowest BCUT2D eigenvalue weighted by atomic mass is 10.0. The number of pyridine rings is 1. The van der Waals surface area contributed by atoms with E-state index in [9.17, 15) is 14.4 Å². The van der Waals surface area contributed by atoms with Gasteiger partial charge in [0.25, 0.3) is 11.8 Å². The van der Waals surface area contributed by atoms with Crippen LogP contribution in [0.1, 0.15) is 28.8 Å². The van der Waals surface area contributed by atoms with Gasteiger partial charge in [0.2, 0.25) is 11.8 Å². The summed E-state index contributed by atoms with van der Waals surface area (Å²) in [7, 11) is 3.05. The Hall–Kier alpha value is -4.28. The third-order valence-corrected chi connectivity index (χ3v) is 5.77. The fraction of sp³-hybridized carbons (Fsp3) is 0.273. The zero-order valence-corrected chi connectivity index (χ0v) is 17.9. The lowest BCUT2D eigenvalue weighted by Crippen LogP contribution is -2.52. The predicted molar refractivity (Wildman–Crippen MR) is 114 cm³/mol. The second-order valence-electron chi connectivity index (χ2n) is 7.70. The molecule has 5 rings (SSSR count). The minimum Gasteiger partial charge on any atom is -0.491 e. The number of nitrogens with zero attached hydrogens (tertiary/aromatic N) is 5. The van der Waals surface area contributed by atoms with Crippen LogP contribution in [0.2, 0.25) is 0 Å². The normalized spacial score (nSPS) is 17.7. The maximum atomic E-state index is 12.9.